The predicted octanol–water partition coefficient (Wildman–Crippen LogP) is 5.67. The van der Waals surface area contributed by atoms with Gasteiger partial charge < -0.3 is 23.7 Å². The van der Waals surface area contributed by atoms with Gasteiger partial charge in [0.05, 0.1) is 34.5 Å². The second kappa shape index (κ2) is 11.5. The lowest BCUT2D eigenvalue weighted by molar-refractivity contribution is 0.0923. The fourth-order valence-electron chi connectivity index (χ4n) is 4.51. The molecule has 0 bridgehead atoms. The maximum atomic E-state index is 14.2. The Kier molecular flexibility index (Phi) is 8.73. The van der Waals surface area contributed by atoms with Crippen molar-refractivity contribution in [2.24, 2.45) is 0 Å². The topological polar surface area (TPSA) is 97.4 Å². The summed E-state index contributed by atoms with van der Waals surface area (Å²) in [4.78, 5) is 27.9. The van der Waals surface area contributed by atoms with Gasteiger partial charge >= 0.3 is 0 Å². The number of ketones is 1. The first kappa shape index (κ1) is 26.5. The molecule has 1 radical (unpaired) electrons. The molecule has 189 valence electrons. The van der Waals surface area contributed by atoms with Crippen LogP contribution in [0.5, 0.6) is 28.7 Å². The maximum absolute atomic E-state index is 14.2. The Morgan fingerprint density at radius 2 is 1.34 bits per heavy atom. The molecule has 1 atom stereocenters. The highest BCUT2D eigenvalue weighted by molar-refractivity contribution is 7.67. The SMILES string of the molecule is CCOc1cccc(OCC)c1C(=O)C1([P](=O)C(=O)c2c(OC)cc(OC)cc2OC)CCCC1. The second-order valence-corrected chi connectivity index (χ2v) is 9.92. The number of Topliss-reactive ketones (excluding diaryl/α,β-unsaturated/α-hetero) is 1. The van der Waals surface area contributed by atoms with Crippen LogP contribution in [0.15, 0.2) is 30.3 Å². The molecule has 8 nitrogen and oxygen atoms in total. The predicted molar refractivity (Wildman–Crippen MR) is 132 cm³/mol. The molecule has 0 aromatic heterocycles. The van der Waals surface area contributed by atoms with Crippen molar-refractivity contribution in [2.45, 2.75) is 44.7 Å². The molecule has 35 heavy (non-hydrogen) atoms. The summed E-state index contributed by atoms with van der Waals surface area (Å²) in [5.74, 6) is 1.06. The van der Waals surface area contributed by atoms with E-state index in [1.54, 1.807) is 18.2 Å². The van der Waals surface area contributed by atoms with Crippen LogP contribution in [0.25, 0.3) is 0 Å². The van der Waals surface area contributed by atoms with Crippen molar-refractivity contribution >= 4 is 19.1 Å². The van der Waals surface area contributed by atoms with Gasteiger partial charge in [-0.2, -0.15) is 0 Å². The molecule has 2 aromatic carbocycles. The summed E-state index contributed by atoms with van der Waals surface area (Å²) in [6.07, 6.45) is 1.99. The van der Waals surface area contributed by atoms with Crippen LogP contribution in [0.1, 0.15) is 60.2 Å². The van der Waals surface area contributed by atoms with Crippen molar-refractivity contribution in [2.75, 3.05) is 34.5 Å². The summed E-state index contributed by atoms with van der Waals surface area (Å²) in [7, 11) is 1.57. The molecule has 0 saturated heterocycles. The Labute approximate surface area is 206 Å². The van der Waals surface area contributed by atoms with E-state index in [2.05, 4.69) is 0 Å². The Morgan fingerprint density at radius 3 is 1.77 bits per heavy atom. The molecule has 9 heteroatoms. The van der Waals surface area contributed by atoms with E-state index < -0.39 is 24.3 Å². The van der Waals surface area contributed by atoms with Crippen LogP contribution in [-0.4, -0.2) is 51.0 Å². The van der Waals surface area contributed by atoms with E-state index in [1.165, 1.54) is 33.5 Å². The van der Waals surface area contributed by atoms with Gasteiger partial charge in [0.2, 0.25) is 5.52 Å². The van der Waals surface area contributed by atoms with E-state index in [9.17, 15) is 14.2 Å². The second-order valence-electron chi connectivity index (χ2n) is 8.07. The number of carbonyl (C=O) groups excluding carboxylic acids is 2. The van der Waals surface area contributed by atoms with E-state index in [-0.39, 0.29) is 22.6 Å². The van der Waals surface area contributed by atoms with Gasteiger partial charge in [-0.3, -0.25) is 14.2 Å². The first-order chi connectivity index (χ1) is 16.9. The summed E-state index contributed by atoms with van der Waals surface area (Å²) >= 11 is 0. The lowest BCUT2D eigenvalue weighted by Crippen LogP contribution is -2.34. The lowest BCUT2D eigenvalue weighted by Gasteiger charge is -2.27. The zero-order valence-electron chi connectivity index (χ0n) is 20.8. The van der Waals surface area contributed by atoms with Crippen LogP contribution >= 0.6 is 7.80 Å². The fourth-order valence-corrected chi connectivity index (χ4v) is 6.34. The average Bonchev–Trinajstić information content (AvgIpc) is 3.38. The number of methoxy groups -OCH3 is 3. The molecule has 0 heterocycles. The number of benzene rings is 2. The lowest BCUT2D eigenvalue weighted by atomic mass is 9.93. The van der Waals surface area contributed by atoms with Gasteiger partial charge in [-0.25, -0.2) is 0 Å². The Morgan fingerprint density at radius 1 is 0.829 bits per heavy atom. The molecule has 1 fully saturated rings. The third-order valence-corrected chi connectivity index (χ3v) is 8.19. The minimum Gasteiger partial charge on any atom is -0.496 e. The standard InChI is InChI=1S/C26H32O8P/c1-6-33-18-11-10-12-19(34-7-2)22(18)24(27)26(13-8-9-14-26)35(29)25(28)23-20(31-4)15-17(30-3)16-21(23)32-5/h10-12,15-16H,6-9,13-14H2,1-5H3. The van der Waals surface area contributed by atoms with Crippen molar-refractivity contribution in [1.82, 2.24) is 0 Å². The van der Waals surface area contributed by atoms with Crippen molar-refractivity contribution in [3.05, 3.63) is 41.5 Å². The Hall–Kier alpha value is -3.12. The number of rotatable bonds is 12. The number of hydrogen-bond donors (Lipinski definition) is 0. The average molecular weight is 504 g/mol. The van der Waals surface area contributed by atoms with Crippen molar-refractivity contribution in [1.29, 1.82) is 0 Å². The monoisotopic (exact) mass is 503 g/mol. The maximum Gasteiger partial charge on any atom is 0.250 e. The molecule has 1 saturated carbocycles. The molecule has 1 unspecified atom stereocenters. The Bertz CT molecular complexity index is 1060. The smallest absolute Gasteiger partial charge is 0.250 e. The van der Waals surface area contributed by atoms with E-state index in [1.807, 2.05) is 13.8 Å². The van der Waals surface area contributed by atoms with Gasteiger partial charge in [0.15, 0.2) is 13.6 Å². The van der Waals surface area contributed by atoms with E-state index in [0.29, 0.717) is 56.1 Å². The highest BCUT2D eigenvalue weighted by atomic mass is 31.1. The minimum absolute atomic E-state index is 0.0270. The van der Waals surface area contributed by atoms with E-state index >= 15 is 0 Å². The number of ether oxygens (including phenoxy) is 5. The van der Waals surface area contributed by atoms with Crippen LogP contribution < -0.4 is 23.7 Å². The van der Waals surface area contributed by atoms with Crippen molar-refractivity contribution in [3.8, 4) is 28.7 Å². The first-order valence-corrected chi connectivity index (χ1v) is 12.9. The zero-order valence-corrected chi connectivity index (χ0v) is 21.7. The van der Waals surface area contributed by atoms with Crippen LogP contribution in [0, 0.1) is 0 Å². The van der Waals surface area contributed by atoms with Gasteiger partial charge in [0.25, 0.3) is 0 Å². The Balaban J connectivity index is 2.14. The van der Waals surface area contributed by atoms with Gasteiger partial charge in [-0.1, -0.05) is 18.9 Å². The summed E-state index contributed by atoms with van der Waals surface area (Å²) in [5, 5.41) is -1.39. The molecule has 3 rings (SSSR count). The van der Waals surface area contributed by atoms with E-state index in [4.69, 9.17) is 23.7 Å². The summed E-state index contributed by atoms with van der Waals surface area (Å²) in [6.45, 7) is 4.32. The number of carbonyl (C=O) groups is 2. The molecular formula is C26H32O8P. The van der Waals surface area contributed by atoms with Gasteiger partial charge in [-0.15, -0.1) is 0 Å². The van der Waals surface area contributed by atoms with Crippen LogP contribution in [0.2, 0.25) is 0 Å². The molecule has 0 spiro atoms. The summed E-state index contributed by atoms with van der Waals surface area (Å²) in [6, 6.07) is 8.17. The van der Waals surface area contributed by atoms with Crippen molar-refractivity contribution < 1.29 is 37.8 Å². The molecule has 1 aliphatic carbocycles. The third-order valence-electron chi connectivity index (χ3n) is 6.17. The summed E-state index contributed by atoms with van der Waals surface area (Å²) < 4.78 is 41.6. The molecule has 2 aromatic rings. The van der Waals surface area contributed by atoms with Crippen molar-refractivity contribution in [3.63, 3.8) is 0 Å². The quantitative estimate of drug-likeness (QED) is 0.270. The largest absolute Gasteiger partial charge is 0.496 e. The molecule has 0 aliphatic heterocycles. The van der Waals surface area contributed by atoms with Crippen LogP contribution in [0.3, 0.4) is 0 Å². The zero-order chi connectivity index (χ0) is 25.6. The van der Waals surface area contributed by atoms with Gasteiger partial charge in [0.1, 0.15) is 45.0 Å². The van der Waals surface area contributed by atoms with E-state index in [0.717, 1.165) is 0 Å². The van der Waals surface area contributed by atoms with Gasteiger partial charge in [0, 0.05) is 12.1 Å². The van der Waals surface area contributed by atoms with Crippen LogP contribution in [0.4, 0.5) is 0 Å². The molecule has 0 N–H and O–H groups in total. The molecule has 0 amide bonds. The molecule has 1 aliphatic rings. The van der Waals surface area contributed by atoms with Gasteiger partial charge in [-0.05, 0) is 38.8 Å². The summed E-state index contributed by atoms with van der Waals surface area (Å²) in [5.41, 5.74) is -0.444. The normalized spacial score (nSPS) is 14.7. The van der Waals surface area contributed by atoms with Crippen LogP contribution in [-0.2, 0) is 4.57 Å². The minimum atomic E-state index is -2.72. The highest BCUT2D eigenvalue weighted by Gasteiger charge is 2.52. The fraction of sp³-hybridized carbons (Fsp3) is 0.462. The highest BCUT2D eigenvalue weighted by Crippen LogP contribution is 2.56. The number of hydrogen-bond acceptors (Lipinski definition) is 8. The molecular weight excluding hydrogens is 471 g/mol. The first-order valence-electron chi connectivity index (χ1n) is 11.6. The third kappa shape index (κ3) is 4.98.